The molecule has 0 unspecified atom stereocenters. The van der Waals surface area contributed by atoms with E-state index in [1.807, 2.05) is 38.1 Å². The van der Waals surface area contributed by atoms with Crippen LogP contribution in [-0.4, -0.2) is 35.5 Å². The fourth-order valence-corrected chi connectivity index (χ4v) is 4.02. The minimum atomic E-state index is -0.772. The number of carbonyl (C=O) groups excluding carboxylic acids is 1. The molecule has 0 fully saturated rings. The number of nitrogens with one attached hydrogen (secondary N) is 1. The highest BCUT2D eigenvalue weighted by molar-refractivity contribution is 6.31. The number of nitrogens with zero attached hydrogens (tertiary/aromatic N) is 5. The summed E-state index contributed by atoms with van der Waals surface area (Å²) in [6, 6.07) is 8.76. The first-order valence-electron chi connectivity index (χ1n) is 10.0. The number of hydrogen-bond donors (Lipinski definition) is 2. The Labute approximate surface area is 193 Å². The van der Waals surface area contributed by atoms with Crippen molar-refractivity contribution in [3.05, 3.63) is 87.1 Å². The van der Waals surface area contributed by atoms with Gasteiger partial charge >= 0.3 is 0 Å². The van der Waals surface area contributed by atoms with Crippen molar-refractivity contribution in [2.75, 3.05) is 5.32 Å². The van der Waals surface area contributed by atoms with Crippen molar-refractivity contribution in [3.8, 4) is 5.75 Å². The number of aryl methyl sites for hydroxylation is 1. The Morgan fingerprint density at radius 3 is 2.67 bits per heavy atom. The van der Waals surface area contributed by atoms with Crippen molar-refractivity contribution >= 4 is 23.2 Å². The van der Waals surface area contributed by atoms with Gasteiger partial charge in [-0.15, -0.1) is 0 Å². The minimum absolute atomic E-state index is 0.262. The van der Waals surface area contributed by atoms with Crippen LogP contribution in [0.1, 0.15) is 46.5 Å². The van der Waals surface area contributed by atoms with Gasteiger partial charge in [-0.05, 0) is 24.6 Å². The van der Waals surface area contributed by atoms with Gasteiger partial charge in [0.2, 0.25) is 5.75 Å². The van der Waals surface area contributed by atoms with E-state index in [1.54, 1.807) is 16.9 Å². The highest BCUT2D eigenvalue weighted by Gasteiger charge is 2.31. The largest absolute Gasteiger partial charge is 0.501 e. The molecule has 11 heteroatoms. The number of amides is 1. The lowest BCUT2D eigenvalue weighted by atomic mass is 9.93. The average molecular weight is 469 g/mol. The summed E-state index contributed by atoms with van der Waals surface area (Å²) in [5, 5.41) is 21.4. The third-order valence-corrected chi connectivity index (χ3v) is 5.79. The SMILES string of the molecule is Cc1ccnn1[C@@H](c1ccccc1Cl)[C@H](C)c1nc(C(=O)Nc2cnoc2)c(O)c(=O)n1C. The maximum atomic E-state index is 12.8. The van der Waals surface area contributed by atoms with E-state index in [9.17, 15) is 14.7 Å². The summed E-state index contributed by atoms with van der Waals surface area (Å²) >= 11 is 6.53. The Morgan fingerprint density at radius 1 is 1.27 bits per heavy atom. The van der Waals surface area contributed by atoms with Crippen molar-refractivity contribution in [1.82, 2.24) is 24.5 Å². The summed E-state index contributed by atoms with van der Waals surface area (Å²) in [4.78, 5) is 30.0. The third-order valence-electron chi connectivity index (χ3n) is 5.44. The number of aromatic nitrogens is 5. The molecule has 0 radical (unpaired) electrons. The van der Waals surface area contributed by atoms with E-state index in [0.29, 0.717) is 5.02 Å². The normalized spacial score (nSPS) is 13.0. The first-order valence-corrected chi connectivity index (χ1v) is 10.4. The van der Waals surface area contributed by atoms with Crippen molar-refractivity contribution in [2.45, 2.75) is 25.8 Å². The van der Waals surface area contributed by atoms with Crippen molar-refractivity contribution in [3.63, 3.8) is 0 Å². The number of hydrogen-bond acceptors (Lipinski definition) is 7. The van der Waals surface area contributed by atoms with Crippen LogP contribution >= 0.6 is 11.6 Å². The van der Waals surface area contributed by atoms with E-state index in [0.717, 1.165) is 11.3 Å². The number of rotatable bonds is 6. The molecule has 0 saturated heterocycles. The van der Waals surface area contributed by atoms with Gasteiger partial charge in [-0.25, -0.2) is 4.98 Å². The standard InChI is InChI=1S/C22H21ClN6O4/c1-12-8-9-24-29(12)18(15-6-4-5-7-16(15)23)13(2)20-27-17(19(30)22(32)28(20)3)21(31)26-14-10-25-33-11-14/h4-11,13,18,30H,1-3H3,(H,26,31)/t13-,18+/m0/s1. The van der Waals surface area contributed by atoms with Crippen LogP contribution in [0, 0.1) is 6.92 Å². The van der Waals surface area contributed by atoms with Gasteiger partial charge in [0.05, 0.1) is 12.2 Å². The lowest BCUT2D eigenvalue weighted by molar-refractivity contribution is 0.101. The van der Waals surface area contributed by atoms with Gasteiger partial charge in [-0.2, -0.15) is 5.10 Å². The number of halogens is 1. The first-order chi connectivity index (χ1) is 15.8. The van der Waals surface area contributed by atoms with Gasteiger partial charge in [-0.1, -0.05) is 41.9 Å². The zero-order valence-electron chi connectivity index (χ0n) is 18.1. The summed E-state index contributed by atoms with van der Waals surface area (Å²) < 4.78 is 7.71. The topological polar surface area (TPSA) is 128 Å². The van der Waals surface area contributed by atoms with Crippen LogP contribution in [0.25, 0.3) is 0 Å². The van der Waals surface area contributed by atoms with E-state index in [2.05, 4.69) is 20.6 Å². The number of anilines is 1. The van der Waals surface area contributed by atoms with Crippen LogP contribution in [0.4, 0.5) is 5.69 Å². The molecule has 0 spiro atoms. The molecule has 0 bridgehead atoms. The van der Waals surface area contributed by atoms with Gasteiger partial charge in [0.15, 0.2) is 5.69 Å². The van der Waals surface area contributed by atoms with E-state index >= 15 is 0 Å². The lowest BCUT2D eigenvalue weighted by Gasteiger charge is -2.28. The third kappa shape index (κ3) is 4.12. The smallest absolute Gasteiger partial charge is 0.296 e. The molecule has 2 N–H and O–H groups in total. The summed E-state index contributed by atoms with van der Waals surface area (Å²) in [5.41, 5.74) is 0.753. The second-order valence-electron chi connectivity index (χ2n) is 7.57. The minimum Gasteiger partial charge on any atom is -0.501 e. The fraction of sp³-hybridized carbons (Fsp3) is 0.227. The zero-order valence-corrected chi connectivity index (χ0v) is 18.8. The van der Waals surface area contributed by atoms with Crippen LogP contribution in [0.3, 0.4) is 0 Å². The van der Waals surface area contributed by atoms with Gasteiger partial charge in [0.25, 0.3) is 11.5 Å². The average Bonchev–Trinajstić information content (AvgIpc) is 3.45. The maximum absolute atomic E-state index is 12.8. The predicted molar refractivity (Wildman–Crippen MR) is 121 cm³/mol. The fourth-order valence-electron chi connectivity index (χ4n) is 3.77. The first kappa shape index (κ1) is 22.3. The van der Waals surface area contributed by atoms with Crippen molar-refractivity contribution in [2.24, 2.45) is 7.05 Å². The Hall–Kier alpha value is -3.92. The molecule has 10 nitrogen and oxygen atoms in total. The number of benzene rings is 1. The van der Waals surface area contributed by atoms with Crippen LogP contribution in [0.2, 0.25) is 5.02 Å². The molecule has 1 aromatic carbocycles. The second-order valence-corrected chi connectivity index (χ2v) is 7.98. The molecule has 4 rings (SSSR count). The molecule has 0 aliphatic rings. The maximum Gasteiger partial charge on any atom is 0.296 e. The summed E-state index contributed by atoms with van der Waals surface area (Å²) in [6.45, 7) is 3.76. The van der Waals surface area contributed by atoms with Crippen molar-refractivity contribution < 1.29 is 14.4 Å². The Bertz CT molecular complexity index is 1360. The van der Waals surface area contributed by atoms with E-state index in [4.69, 9.17) is 16.1 Å². The molecule has 0 aliphatic heterocycles. The second kappa shape index (κ2) is 8.91. The zero-order chi connectivity index (χ0) is 23.7. The molecule has 3 heterocycles. The quantitative estimate of drug-likeness (QED) is 0.444. The molecular weight excluding hydrogens is 448 g/mol. The van der Waals surface area contributed by atoms with Gasteiger partial charge in [0, 0.05) is 29.9 Å². The molecule has 170 valence electrons. The molecule has 1 amide bonds. The van der Waals surface area contributed by atoms with Gasteiger partial charge < -0.3 is 14.9 Å². The molecule has 33 heavy (non-hydrogen) atoms. The number of aromatic hydroxyl groups is 1. The Kier molecular flexibility index (Phi) is 6.01. The Morgan fingerprint density at radius 2 is 2.03 bits per heavy atom. The highest BCUT2D eigenvalue weighted by atomic mass is 35.5. The van der Waals surface area contributed by atoms with Crippen LogP contribution in [-0.2, 0) is 7.05 Å². The predicted octanol–water partition coefficient (Wildman–Crippen LogP) is 3.28. The van der Waals surface area contributed by atoms with Crippen LogP contribution < -0.4 is 10.9 Å². The molecule has 0 aliphatic carbocycles. The van der Waals surface area contributed by atoms with E-state index in [1.165, 1.54) is 24.1 Å². The Balaban J connectivity index is 1.84. The summed E-state index contributed by atoms with van der Waals surface area (Å²) in [7, 11) is 1.49. The molecule has 3 aromatic heterocycles. The summed E-state index contributed by atoms with van der Waals surface area (Å²) in [5.74, 6) is -1.73. The van der Waals surface area contributed by atoms with Gasteiger partial charge in [0.1, 0.15) is 17.8 Å². The van der Waals surface area contributed by atoms with Crippen LogP contribution in [0.15, 0.2) is 58.3 Å². The van der Waals surface area contributed by atoms with E-state index < -0.39 is 34.9 Å². The van der Waals surface area contributed by atoms with Crippen molar-refractivity contribution in [1.29, 1.82) is 0 Å². The monoisotopic (exact) mass is 468 g/mol. The highest BCUT2D eigenvalue weighted by Crippen LogP contribution is 2.37. The lowest BCUT2D eigenvalue weighted by Crippen LogP contribution is -2.31. The summed E-state index contributed by atoms with van der Waals surface area (Å²) in [6.07, 6.45) is 4.17. The number of carbonyl (C=O) groups is 1. The molecular formula is C22H21ClN6O4. The van der Waals surface area contributed by atoms with Crippen LogP contribution in [0.5, 0.6) is 5.75 Å². The molecule has 2 atom stereocenters. The molecule has 4 aromatic rings. The van der Waals surface area contributed by atoms with Gasteiger partial charge in [-0.3, -0.25) is 18.8 Å². The molecule has 0 saturated carbocycles. The van der Waals surface area contributed by atoms with E-state index in [-0.39, 0.29) is 11.5 Å².